The first kappa shape index (κ1) is 25.6. The monoisotopic (exact) mass is 500 g/mol. The molecule has 0 saturated heterocycles. The van der Waals surface area contributed by atoms with Crippen molar-refractivity contribution in [2.24, 2.45) is 0 Å². The van der Waals surface area contributed by atoms with Gasteiger partial charge in [0.2, 0.25) is 5.91 Å². The predicted molar refractivity (Wildman–Crippen MR) is 129 cm³/mol. The average molecular weight is 501 g/mol. The number of carbonyl (C=O) groups excluding carboxylic acids is 2. The molecule has 35 heavy (non-hydrogen) atoms. The number of aromatic carboxylic acids is 1. The molecule has 182 valence electrons. The van der Waals surface area contributed by atoms with Crippen LogP contribution < -0.4 is 15.6 Å². The van der Waals surface area contributed by atoms with E-state index in [-0.39, 0.29) is 23.6 Å². The highest BCUT2D eigenvalue weighted by Crippen LogP contribution is 2.34. The van der Waals surface area contributed by atoms with Crippen LogP contribution in [0.2, 0.25) is 5.02 Å². The summed E-state index contributed by atoms with van der Waals surface area (Å²) in [5, 5.41) is 11.8. The minimum atomic E-state index is -1.43. The van der Waals surface area contributed by atoms with Crippen LogP contribution in [0.3, 0.4) is 0 Å². The molecule has 0 aliphatic carbocycles. The predicted octanol–water partition coefficient (Wildman–Crippen LogP) is 4.81. The summed E-state index contributed by atoms with van der Waals surface area (Å²) in [4.78, 5) is 49.1. The Morgan fingerprint density at radius 3 is 2.37 bits per heavy atom. The lowest BCUT2D eigenvalue weighted by Gasteiger charge is -2.20. The normalized spacial score (nSPS) is 11.6. The van der Waals surface area contributed by atoms with Gasteiger partial charge in [-0.25, -0.2) is 9.18 Å². The Hall–Kier alpha value is -3.98. The number of anilines is 1. The topological polar surface area (TPSA) is 115 Å². The van der Waals surface area contributed by atoms with Crippen LogP contribution in [-0.2, 0) is 4.79 Å². The number of pyridine rings is 1. The molecule has 0 saturated carbocycles. The number of halogens is 2. The third kappa shape index (κ3) is 5.41. The highest BCUT2D eigenvalue weighted by Gasteiger charge is 2.23. The Kier molecular flexibility index (Phi) is 7.71. The number of carboxylic acid groups (broad SMARTS) is 1. The third-order valence-electron chi connectivity index (χ3n) is 5.41. The Balaban J connectivity index is 2.02. The van der Waals surface area contributed by atoms with Crippen molar-refractivity contribution in [3.63, 3.8) is 0 Å². The minimum absolute atomic E-state index is 0.0395. The minimum Gasteiger partial charge on any atom is -0.495 e. The average Bonchev–Trinajstić information content (AvgIpc) is 2.79. The number of nitrogens with one attached hydrogen (secondary N) is 1. The molecule has 10 heteroatoms. The van der Waals surface area contributed by atoms with Gasteiger partial charge in [0.15, 0.2) is 5.78 Å². The van der Waals surface area contributed by atoms with E-state index < -0.39 is 34.9 Å². The van der Waals surface area contributed by atoms with Gasteiger partial charge in [0.05, 0.1) is 18.9 Å². The molecule has 0 unspecified atom stereocenters. The van der Waals surface area contributed by atoms with E-state index in [9.17, 15) is 23.6 Å². The van der Waals surface area contributed by atoms with Crippen LogP contribution in [-0.4, -0.2) is 34.4 Å². The van der Waals surface area contributed by atoms with Crippen molar-refractivity contribution < 1.29 is 28.6 Å². The summed E-state index contributed by atoms with van der Waals surface area (Å²) in [6.07, 6.45) is 1.57. The van der Waals surface area contributed by atoms with Gasteiger partial charge >= 0.3 is 5.97 Å². The summed E-state index contributed by atoms with van der Waals surface area (Å²) in [6, 6.07) is 8.14. The number of Topliss-reactive ketones (excluding diaryl/α,β-unsaturated/α-hetero) is 1. The zero-order chi connectivity index (χ0) is 25.9. The molecule has 2 N–H and O–H groups in total. The fraction of sp³-hybridized carbons (Fsp3) is 0.200. The van der Waals surface area contributed by atoms with E-state index in [1.807, 2.05) is 0 Å². The molecule has 0 radical (unpaired) electrons. The fourth-order valence-corrected chi connectivity index (χ4v) is 3.86. The van der Waals surface area contributed by atoms with E-state index in [2.05, 4.69) is 5.32 Å². The molecule has 1 aromatic heterocycles. The van der Waals surface area contributed by atoms with Crippen molar-refractivity contribution in [3.05, 3.63) is 81.0 Å². The molecular formula is C25H22ClFN2O6. The quantitative estimate of drug-likeness (QED) is 0.429. The van der Waals surface area contributed by atoms with Gasteiger partial charge in [-0.2, -0.15) is 0 Å². The summed E-state index contributed by atoms with van der Waals surface area (Å²) in [7, 11) is 1.39. The molecule has 3 aromatic rings. The smallest absolute Gasteiger partial charge is 0.338 e. The Morgan fingerprint density at radius 2 is 1.80 bits per heavy atom. The van der Waals surface area contributed by atoms with Crippen molar-refractivity contribution in [2.75, 3.05) is 12.4 Å². The number of nitrogens with zero attached hydrogens (tertiary/aromatic N) is 1. The van der Waals surface area contributed by atoms with E-state index in [1.165, 1.54) is 36.9 Å². The van der Waals surface area contributed by atoms with Crippen LogP contribution in [0.5, 0.6) is 5.75 Å². The lowest BCUT2D eigenvalue weighted by atomic mass is 9.97. The van der Waals surface area contributed by atoms with Crippen molar-refractivity contribution in [2.45, 2.75) is 26.3 Å². The summed E-state index contributed by atoms with van der Waals surface area (Å²) < 4.78 is 20.6. The Labute approximate surface area is 204 Å². The van der Waals surface area contributed by atoms with E-state index in [0.29, 0.717) is 21.7 Å². The summed E-state index contributed by atoms with van der Waals surface area (Å²) in [6.45, 7) is 3.08. The van der Waals surface area contributed by atoms with Gasteiger partial charge in [-0.3, -0.25) is 19.0 Å². The maximum absolute atomic E-state index is 14.0. The van der Waals surface area contributed by atoms with Crippen molar-refractivity contribution in [3.8, 4) is 16.9 Å². The molecule has 0 bridgehead atoms. The van der Waals surface area contributed by atoms with E-state index in [1.54, 1.807) is 25.1 Å². The molecule has 3 rings (SSSR count). The second-order valence-electron chi connectivity index (χ2n) is 7.66. The second-order valence-corrected chi connectivity index (χ2v) is 8.10. The molecular weight excluding hydrogens is 479 g/mol. The summed E-state index contributed by atoms with van der Waals surface area (Å²) in [5.74, 6) is -3.04. The van der Waals surface area contributed by atoms with Crippen molar-refractivity contribution in [1.82, 2.24) is 4.57 Å². The highest BCUT2D eigenvalue weighted by molar-refractivity contribution is 6.31. The molecule has 0 spiro atoms. The molecule has 8 nitrogen and oxygen atoms in total. The lowest BCUT2D eigenvalue weighted by molar-refractivity contribution is -0.119. The van der Waals surface area contributed by atoms with E-state index >= 15 is 0 Å². The largest absolute Gasteiger partial charge is 0.495 e. The van der Waals surface area contributed by atoms with Crippen LogP contribution in [0.4, 0.5) is 10.1 Å². The van der Waals surface area contributed by atoms with Gasteiger partial charge < -0.3 is 15.2 Å². The van der Waals surface area contributed by atoms with Crippen LogP contribution in [0, 0.1) is 5.82 Å². The van der Waals surface area contributed by atoms with Gasteiger partial charge in [0.1, 0.15) is 17.6 Å². The number of ether oxygens (including phenoxy) is 1. The number of hydrogen-bond donors (Lipinski definition) is 2. The highest BCUT2D eigenvalue weighted by atomic mass is 35.5. The lowest BCUT2D eigenvalue weighted by Crippen LogP contribution is -2.32. The first-order chi connectivity index (χ1) is 16.6. The Bertz CT molecular complexity index is 1380. The maximum Gasteiger partial charge on any atom is 0.338 e. The first-order valence-electron chi connectivity index (χ1n) is 10.5. The van der Waals surface area contributed by atoms with Crippen LogP contribution in [0.1, 0.15) is 47.0 Å². The molecule has 1 amide bonds. The van der Waals surface area contributed by atoms with Crippen molar-refractivity contribution >= 4 is 34.9 Å². The number of methoxy groups -OCH3 is 1. The molecule has 0 aliphatic heterocycles. The maximum atomic E-state index is 14.0. The van der Waals surface area contributed by atoms with Gasteiger partial charge in [-0.1, -0.05) is 18.5 Å². The first-order valence-corrected chi connectivity index (χ1v) is 10.9. The van der Waals surface area contributed by atoms with Crippen molar-refractivity contribution in [1.29, 1.82) is 0 Å². The van der Waals surface area contributed by atoms with Crippen LogP contribution in [0.15, 0.2) is 53.5 Å². The van der Waals surface area contributed by atoms with Crippen LogP contribution in [0.25, 0.3) is 11.1 Å². The Morgan fingerprint density at radius 1 is 1.11 bits per heavy atom. The molecule has 2 aromatic carbocycles. The van der Waals surface area contributed by atoms with E-state index in [0.717, 1.165) is 12.1 Å². The van der Waals surface area contributed by atoms with Crippen LogP contribution >= 0.6 is 11.6 Å². The summed E-state index contributed by atoms with van der Waals surface area (Å²) in [5.41, 5.74) is 0.0712. The third-order valence-corrected chi connectivity index (χ3v) is 5.64. The fourth-order valence-electron chi connectivity index (χ4n) is 3.69. The van der Waals surface area contributed by atoms with Gasteiger partial charge in [-0.05, 0) is 55.3 Å². The second kappa shape index (κ2) is 10.5. The SMILES string of the molecule is CC[C@@H](C(=O)Nc1ccc(C(=O)O)c(F)c1)n1cc(OC)c(-c2cc(Cl)ccc2C(C)=O)cc1=O. The molecule has 1 heterocycles. The number of aromatic nitrogens is 1. The van der Waals surface area contributed by atoms with Gasteiger partial charge in [0, 0.05) is 27.9 Å². The van der Waals surface area contributed by atoms with Gasteiger partial charge in [-0.15, -0.1) is 0 Å². The number of rotatable bonds is 8. The molecule has 0 aliphatic rings. The number of carboxylic acids is 1. The summed E-state index contributed by atoms with van der Waals surface area (Å²) >= 11 is 6.12. The molecule has 0 fully saturated rings. The standard InChI is InChI=1S/C25H22ClFN2O6/c1-4-21(24(32)28-15-6-8-17(25(33)34)20(27)10-15)29-12-22(35-3)19(11-23(29)31)18-9-14(26)5-7-16(18)13(2)30/h5-12,21H,4H2,1-3H3,(H,28,32)(H,33,34)/t21-/m0/s1. The number of ketones is 1. The zero-order valence-corrected chi connectivity index (χ0v) is 19.9. The van der Waals surface area contributed by atoms with Gasteiger partial charge in [0.25, 0.3) is 5.56 Å². The number of benzene rings is 2. The number of amides is 1. The van der Waals surface area contributed by atoms with E-state index in [4.69, 9.17) is 21.4 Å². The molecule has 1 atom stereocenters. The zero-order valence-electron chi connectivity index (χ0n) is 19.1. The number of carbonyl (C=O) groups is 3. The number of hydrogen-bond acceptors (Lipinski definition) is 5.